The fourth-order valence-electron chi connectivity index (χ4n) is 2.40. The Morgan fingerprint density at radius 1 is 1.35 bits per heavy atom. The van der Waals surface area contributed by atoms with E-state index in [1.54, 1.807) is 7.11 Å². The van der Waals surface area contributed by atoms with Crippen LogP contribution in [0, 0.1) is 0 Å². The minimum atomic E-state index is 0.663. The van der Waals surface area contributed by atoms with E-state index in [0.717, 1.165) is 41.7 Å². The molecule has 1 aliphatic heterocycles. The number of imidazole rings is 1. The standard InChI is InChI=1S/C14H19N5O/c1-18-7-6-15-14(18)16-9-13-17-11-8-10(20-3)4-5-12(11)19(13)2/h4-5,8H,6-7,9H2,1-3H3,(H,15,16). The first-order chi connectivity index (χ1) is 9.69. The molecule has 0 aliphatic carbocycles. The van der Waals surface area contributed by atoms with E-state index < -0.39 is 0 Å². The van der Waals surface area contributed by atoms with Gasteiger partial charge in [0, 0.05) is 26.7 Å². The van der Waals surface area contributed by atoms with Crippen LogP contribution in [-0.4, -0.2) is 47.7 Å². The topological polar surface area (TPSA) is 54.7 Å². The van der Waals surface area contributed by atoms with Gasteiger partial charge in [-0.2, -0.15) is 0 Å². The molecule has 0 radical (unpaired) electrons. The Hall–Kier alpha value is -2.24. The number of benzene rings is 1. The molecule has 20 heavy (non-hydrogen) atoms. The zero-order valence-electron chi connectivity index (χ0n) is 12.1. The Morgan fingerprint density at radius 2 is 2.20 bits per heavy atom. The molecule has 1 aromatic carbocycles. The van der Waals surface area contributed by atoms with Gasteiger partial charge in [-0.3, -0.25) is 4.99 Å². The van der Waals surface area contributed by atoms with Gasteiger partial charge in [-0.15, -0.1) is 0 Å². The van der Waals surface area contributed by atoms with E-state index in [4.69, 9.17) is 4.74 Å². The Balaban J connectivity index is 1.82. The van der Waals surface area contributed by atoms with Gasteiger partial charge in [0.15, 0.2) is 5.96 Å². The van der Waals surface area contributed by atoms with Crippen molar-refractivity contribution in [2.24, 2.45) is 12.0 Å². The summed E-state index contributed by atoms with van der Waals surface area (Å²) in [5, 5.41) is 3.34. The average molecular weight is 273 g/mol. The predicted molar refractivity (Wildman–Crippen MR) is 79.0 cm³/mol. The minimum Gasteiger partial charge on any atom is -0.497 e. The van der Waals surface area contributed by atoms with Gasteiger partial charge >= 0.3 is 0 Å². The summed E-state index contributed by atoms with van der Waals surface area (Å²) in [6.45, 7) is 2.50. The van der Waals surface area contributed by atoms with E-state index in [9.17, 15) is 0 Å². The third kappa shape index (κ3) is 2.17. The summed E-state index contributed by atoms with van der Waals surface area (Å²) in [4.78, 5) is 11.2. The van der Waals surface area contributed by atoms with Crippen LogP contribution in [-0.2, 0) is 13.6 Å². The van der Waals surface area contributed by atoms with Crippen LogP contribution in [0.5, 0.6) is 5.75 Å². The van der Waals surface area contributed by atoms with Gasteiger partial charge in [0.1, 0.15) is 11.6 Å². The van der Waals surface area contributed by atoms with E-state index >= 15 is 0 Å². The van der Waals surface area contributed by atoms with Crippen LogP contribution in [0.15, 0.2) is 23.2 Å². The van der Waals surface area contributed by atoms with Crippen molar-refractivity contribution in [2.75, 3.05) is 27.2 Å². The molecule has 2 aromatic rings. The Labute approximate surface area is 118 Å². The number of nitrogens with one attached hydrogen (secondary N) is 1. The maximum atomic E-state index is 5.24. The highest BCUT2D eigenvalue weighted by molar-refractivity contribution is 5.81. The molecule has 2 heterocycles. The first kappa shape index (κ1) is 12.8. The van der Waals surface area contributed by atoms with Crippen LogP contribution < -0.4 is 10.1 Å². The molecular weight excluding hydrogens is 254 g/mol. The molecule has 6 heteroatoms. The zero-order chi connectivity index (χ0) is 14.1. The molecule has 1 aromatic heterocycles. The van der Waals surface area contributed by atoms with Crippen molar-refractivity contribution in [3.8, 4) is 5.75 Å². The first-order valence-corrected chi connectivity index (χ1v) is 6.68. The van der Waals surface area contributed by atoms with Gasteiger partial charge in [-0.25, -0.2) is 4.98 Å². The molecule has 6 nitrogen and oxygen atoms in total. The Morgan fingerprint density at radius 3 is 2.90 bits per heavy atom. The summed E-state index contributed by atoms with van der Waals surface area (Å²) in [7, 11) is 5.73. The molecule has 0 saturated carbocycles. The van der Waals surface area contributed by atoms with Crippen molar-refractivity contribution < 1.29 is 4.74 Å². The van der Waals surface area contributed by atoms with E-state index in [1.165, 1.54) is 0 Å². The van der Waals surface area contributed by atoms with Crippen molar-refractivity contribution in [3.63, 3.8) is 0 Å². The number of rotatable bonds is 3. The summed E-state index contributed by atoms with van der Waals surface area (Å²) in [6.07, 6.45) is 0. The third-order valence-electron chi connectivity index (χ3n) is 3.64. The van der Waals surface area contributed by atoms with E-state index in [2.05, 4.69) is 24.8 Å². The number of hydrogen-bond acceptors (Lipinski definition) is 5. The van der Waals surface area contributed by atoms with Crippen molar-refractivity contribution in [1.82, 2.24) is 19.8 Å². The van der Waals surface area contributed by atoms with Crippen LogP contribution in [0.2, 0.25) is 0 Å². The lowest BCUT2D eigenvalue weighted by Gasteiger charge is -2.14. The second-order valence-corrected chi connectivity index (χ2v) is 4.92. The number of hydrogen-bond donors (Lipinski definition) is 1. The smallest absolute Gasteiger partial charge is 0.194 e. The van der Waals surface area contributed by atoms with Gasteiger partial charge in [0.05, 0.1) is 31.2 Å². The van der Waals surface area contributed by atoms with Crippen molar-refractivity contribution >= 4 is 17.0 Å². The Kier molecular flexibility index (Phi) is 3.22. The second-order valence-electron chi connectivity index (χ2n) is 4.92. The molecule has 1 aliphatic rings. The molecule has 0 unspecified atom stereocenters. The molecule has 3 rings (SSSR count). The molecule has 0 bridgehead atoms. The monoisotopic (exact) mass is 273 g/mol. The molecule has 106 valence electrons. The second kappa shape index (κ2) is 5.03. The van der Waals surface area contributed by atoms with Crippen LogP contribution in [0.3, 0.4) is 0 Å². The number of fused-ring (bicyclic) bond motifs is 1. The lowest BCUT2D eigenvalue weighted by molar-refractivity contribution is 0.415. The fraction of sp³-hybridized carbons (Fsp3) is 0.429. The fourth-order valence-corrected chi connectivity index (χ4v) is 2.40. The number of likely N-dealkylation sites (N-methyl/N-ethyl adjacent to an activating group) is 1. The van der Waals surface area contributed by atoms with E-state index in [-0.39, 0.29) is 0 Å². The summed E-state index contributed by atoms with van der Waals surface area (Å²) in [5.74, 6) is 2.75. The largest absolute Gasteiger partial charge is 0.497 e. The van der Waals surface area contributed by atoms with Crippen LogP contribution >= 0.6 is 0 Å². The molecule has 0 spiro atoms. The number of ether oxygens (including phenoxy) is 1. The maximum absolute atomic E-state index is 5.24. The van der Waals surface area contributed by atoms with Gasteiger partial charge < -0.3 is 19.5 Å². The molecule has 0 saturated heterocycles. The van der Waals surface area contributed by atoms with Crippen LogP contribution in [0.25, 0.3) is 11.0 Å². The highest BCUT2D eigenvalue weighted by atomic mass is 16.5. The van der Waals surface area contributed by atoms with Gasteiger partial charge in [0.25, 0.3) is 0 Å². The minimum absolute atomic E-state index is 0.663. The first-order valence-electron chi connectivity index (χ1n) is 6.68. The number of aryl methyl sites for hydroxylation is 1. The normalized spacial score (nSPS) is 14.8. The van der Waals surface area contributed by atoms with Crippen molar-refractivity contribution in [2.45, 2.75) is 6.54 Å². The lowest BCUT2D eigenvalue weighted by Crippen LogP contribution is -2.35. The lowest BCUT2D eigenvalue weighted by atomic mass is 10.3. The SMILES string of the molecule is COc1ccc2c(c1)nc(CNC1=NCCN1C)n2C. The highest BCUT2D eigenvalue weighted by Gasteiger charge is 2.14. The number of nitrogens with zero attached hydrogens (tertiary/aromatic N) is 4. The van der Waals surface area contributed by atoms with Crippen molar-refractivity contribution in [1.29, 1.82) is 0 Å². The summed E-state index contributed by atoms with van der Waals surface area (Å²) < 4.78 is 7.33. The maximum Gasteiger partial charge on any atom is 0.194 e. The van der Waals surface area contributed by atoms with Gasteiger partial charge in [0.2, 0.25) is 0 Å². The van der Waals surface area contributed by atoms with E-state index in [0.29, 0.717) is 6.54 Å². The quantitative estimate of drug-likeness (QED) is 0.905. The number of methoxy groups -OCH3 is 1. The highest BCUT2D eigenvalue weighted by Crippen LogP contribution is 2.20. The predicted octanol–water partition coefficient (Wildman–Crippen LogP) is 0.973. The third-order valence-corrected chi connectivity index (χ3v) is 3.64. The number of aromatic nitrogens is 2. The summed E-state index contributed by atoms with van der Waals surface area (Å²) in [5.41, 5.74) is 2.05. The molecule has 1 N–H and O–H groups in total. The molecule has 0 amide bonds. The van der Waals surface area contributed by atoms with Crippen LogP contribution in [0.1, 0.15) is 5.82 Å². The average Bonchev–Trinajstić information content (AvgIpc) is 3.00. The van der Waals surface area contributed by atoms with Gasteiger partial charge in [-0.05, 0) is 12.1 Å². The zero-order valence-corrected chi connectivity index (χ0v) is 12.1. The summed E-state index contributed by atoms with van der Waals surface area (Å²) in [6, 6.07) is 5.94. The number of aliphatic imine (C=N–C) groups is 1. The Bertz CT molecular complexity index is 661. The van der Waals surface area contributed by atoms with E-state index in [1.807, 2.05) is 32.3 Å². The molecule has 0 atom stereocenters. The molecule has 0 fully saturated rings. The van der Waals surface area contributed by atoms with Gasteiger partial charge in [-0.1, -0.05) is 0 Å². The summed E-state index contributed by atoms with van der Waals surface area (Å²) >= 11 is 0. The molecular formula is C14H19N5O. The van der Waals surface area contributed by atoms with Crippen molar-refractivity contribution in [3.05, 3.63) is 24.0 Å². The number of guanidine groups is 1. The van der Waals surface area contributed by atoms with Crippen LogP contribution in [0.4, 0.5) is 0 Å².